The SMILES string of the molecule is C=CCN1C=CC(C=C)=CC1.F[B-](F)(F)F. The van der Waals surface area contributed by atoms with Gasteiger partial charge in [-0.2, -0.15) is 0 Å². The second kappa shape index (κ2) is 6.92. The Bertz CT molecular complexity index is 288. The van der Waals surface area contributed by atoms with Crippen molar-refractivity contribution in [2.24, 2.45) is 0 Å². The summed E-state index contributed by atoms with van der Waals surface area (Å²) in [4.78, 5) is 2.18. The summed E-state index contributed by atoms with van der Waals surface area (Å²) < 4.78 is 39.0. The lowest BCUT2D eigenvalue weighted by molar-refractivity contribution is 0.368. The molecule has 0 aliphatic carbocycles. The van der Waals surface area contributed by atoms with E-state index < -0.39 is 7.25 Å². The normalized spacial score (nSPS) is 14.8. The van der Waals surface area contributed by atoms with Crippen LogP contribution in [0.3, 0.4) is 0 Å². The molecule has 16 heavy (non-hydrogen) atoms. The fourth-order valence-electron chi connectivity index (χ4n) is 0.996. The van der Waals surface area contributed by atoms with Gasteiger partial charge in [-0.25, -0.2) is 0 Å². The van der Waals surface area contributed by atoms with E-state index in [9.17, 15) is 17.3 Å². The second-order valence-electron chi connectivity index (χ2n) is 2.96. The minimum absolute atomic E-state index is 0.914. The van der Waals surface area contributed by atoms with Crippen molar-refractivity contribution < 1.29 is 17.3 Å². The first-order valence-corrected chi connectivity index (χ1v) is 4.60. The molecule has 1 heterocycles. The maximum atomic E-state index is 9.75. The van der Waals surface area contributed by atoms with Crippen molar-refractivity contribution in [2.45, 2.75) is 0 Å². The molecule has 0 fully saturated rings. The van der Waals surface area contributed by atoms with Crippen LogP contribution in [0.25, 0.3) is 0 Å². The molecular weight excluding hydrogens is 221 g/mol. The summed E-state index contributed by atoms with van der Waals surface area (Å²) in [5, 5.41) is 0. The van der Waals surface area contributed by atoms with Gasteiger partial charge in [0.1, 0.15) is 0 Å². The smallest absolute Gasteiger partial charge is 0.418 e. The van der Waals surface area contributed by atoms with E-state index in [0.29, 0.717) is 0 Å². The van der Waals surface area contributed by atoms with Gasteiger partial charge in [0.05, 0.1) is 0 Å². The Kier molecular flexibility index (Phi) is 6.30. The maximum absolute atomic E-state index is 9.75. The molecule has 0 amide bonds. The maximum Gasteiger partial charge on any atom is 0.673 e. The Hall–Kier alpha value is -1.46. The number of halogens is 4. The Morgan fingerprint density at radius 2 is 1.88 bits per heavy atom. The summed E-state index contributed by atoms with van der Waals surface area (Å²) in [7, 11) is -6.00. The average molecular weight is 234 g/mol. The number of allylic oxidation sites excluding steroid dienone is 3. The zero-order valence-electron chi connectivity index (χ0n) is 8.75. The minimum atomic E-state index is -6.00. The molecule has 0 atom stereocenters. The molecule has 0 spiro atoms. The number of nitrogens with zero attached hydrogens (tertiary/aromatic N) is 1. The van der Waals surface area contributed by atoms with Crippen LogP contribution in [0.15, 0.2) is 49.2 Å². The van der Waals surface area contributed by atoms with E-state index in [-0.39, 0.29) is 0 Å². The Balaban J connectivity index is 0.000000385. The van der Waals surface area contributed by atoms with E-state index in [1.165, 1.54) is 5.57 Å². The number of hydrogen-bond acceptors (Lipinski definition) is 1. The van der Waals surface area contributed by atoms with Crippen molar-refractivity contribution in [3.05, 3.63) is 49.2 Å². The molecule has 0 aromatic heterocycles. The summed E-state index contributed by atoms with van der Waals surface area (Å²) in [5.74, 6) is 0. The molecule has 6 heteroatoms. The van der Waals surface area contributed by atoms with Gasteiger partial charge in [-0.15, -0.1) is 6.58 Å². The van der Waals surface area contributed by atoms with Crippen LogP contribution < -0.4 is 0 Å². The Labute approximate surface area is 92.5 Å². The fraction of sp³-hybridized carbons (Fsp3) is 0.200. The topological polar surface area (TPSA) is 3.24 Å². The standard InChI is InChI=1S/C10H13N.BF4/c1-3-7-11-8-5-10(4-2)6-9-11;2-1(3,4)5/h3-6,8H,1-2,7,9H2;/q;-1. The minimum Gasteiger partial charge on any atom is -0.418 e. The van der Waals surface area contributed by atoms with Crippen LogP contribution in [0.1, 0.15) is 0 Å². The van der Waals surface area contributed by atoms with Crippen LogP contribution in [-0.4, -0.2) is 25.2 Å². The van der Waals surface area contributed by atoms with Gasteiger partial charge in [0.15, 0.2) is 0 Å². The molecule has 0 unspecified atom stereocenters. The van der Waals surface area contributed by atoms with Crippen LogP contribution in [0, 0.1) is 0 Å². The fourth-order valence-corrected chi connectivity index (χ4v) is 0.996. The molecule has 1 aliphatic rings. The molecule has 0 saturated heterocycles. The third-order valence-electron chi connectivity index (χ3n) is 1.64. The van der Waals surface area contributed by atoms with Gasteiger partial charge >= 0.3 is 7.25 Å². The van der Waals surface area contributed by atoms with Crippen molar-refractivity contribution in [1.29, 1.82) is 0 Å². The highest BCUT2D eigenvalue weighted by Crippen LogP contribution is 2.07. The molecule has 90 valence electrons. The van der Waals surface area contributed by atoms with Gasteiger partial charge in [-0.05, 0) is 11.6 Å². The molecule has 0 aromatic carbocycles. The summed E-state index contributed by atoms with van der Waals surface area (Å²) in [6.07, 6.45) is 10.0. The molecule has 0 bridgehead atoms. The highest BCUT2D eigenvalue weighted by Gasteiger charge is 2.20. The van der Waals surface area contributed by atoms with Gasteiger partial charge in [0.2, 0.25) is 0 Å². The van der Waals surface area contributed by atoms with Crippen LogP contribution in [0.4, 0.5) is 17.3 Å². The van der Waals surface area contributed by atoms with Crippen LogP contribution in [-0.2, 0) is 0 Å². The van der Waals surface area contributed by atoms with Crippen LogP contribution >= 0.6 is 0 Å². The molecule has 0 saturated carbocycles. The predicted molar refractivity (Wildman–Crippen MR) is 59.4 cm³/mol. The quantitative estimate of drug-likeness (QED) is 0.411. The average Bonchev–Trinajstić information content (AvgIpc) is 2.17. The van der Waals surface area contributed by atoms with Crippen LogP contribution in [0.2, 0.25) is 0 Å². The van der Waals surface area contributed by atoms with Crippen molar-refractivity contribution in [2.75, 3.05) is 13.1 Å². The number of rotatable bonds is 3. The van der Waals surface area contributed by atoms with E-state index in [1.54, 1.807) is 0 Å². The lowest BCUT2D eigenvalue weighted by Crippen LogP contribution is -2.19. The highest BCUT2D eigenvalue weighted by atomic mass is 19.5. The lowest BCUT2D eigenvalue weighted by Gasteiger charge is -2.19. The van der Waals surface area contributed by atoms with E-state index in [4.69, 9.17) is 0 Å². The van der Waals surface area contributed by atoms with Crippen molar-refractivity contribution in [3.8, 4) is 0 Å². The largest absolute Gasteiger partial charge is 0.673 e. The third kappa shape index (κ3) is 9.11. The molecule has 0 aromatic rings. The molecule has 1 rings (SSSR count). The molecule has 1 aliphatic heterocycles. The summed E-state index contributed by atoms with van der Waals surface area (Å²) >= 11 is 0. The lowest BCUT2D eigenvalue weighted by atomic mass is 10.2. The van der Waals surface area contributed by atoms with Gasteiger partial charge in [-0.1, -0.05) is 24.8 Å². The van der Waals surface area contributed by atoms with Crippen molar-refractivity contribution in [1.82, 2.24) is 4.90 Å². The van der Waals surface area contributed by atoms with Crippen molar-refractivity contribution >= 4 is 7.25 Å². The van der Waals surface area contributed by atoms with Crippen molar-refractivity contribution in [3.63, 3.8) is 0 Å². The van der Waals surface area contributed by atoms with Gasteiger partial charge < -0.3 is 22.2 Å². The summed E-state index contributed by atoms with van der Waals surface area (Å²) in [6, 6.07) is 0. The molecule has 0 N–H and O–H groups in total. The van der Waals surface area contributed by atoms with E-state index in [1.807, 2.05) is 12.2 Å². The molecule has 1 nitrogen and oxygen atoms in total. The van der Waals surface area contributed by atoms with Crippen LogP contribution in [0.5, 0.6) is 0 Å². The summed E-state index contributed by atoms with van der Waals surface area (Å²) in [6.45, 7) is 9.25. The van der Waals surface area contributed by atoms with Gasteiger partial charge in [0, 0.05) is 19.3 Å². The van der Waals surface area contributed by atoms with Gasteiger partial charge in [0.25, 0.3) is 0 Å². The first kappa shape index (κ1) is 14.5. The number of hydrogen-bond donors (Lipinski definition) is 0. The monoisotopic (exact) mass is 234 g/mol. The molecule has 0 radical (unpaired) electrons. The van der Waals surface area contributed by atoms with E-state index in [2.05, 4.69) is 36.4 Å². The van der Waals surface area contributed by atoms with E-state index >= 15 is 0 Å². The third-order valence-corrected chi connectivity index (χ3v) is 1.64. The first-order valence-electron chi connectivity index (χ1n) is 4.60. The highest BCUT2D eigenvalue weighted by molar-refractivity contribution is 6.50. The van der Waals surface area contributed by atoms with E-state index in [0.717, 1.165) is 13.1 Å². The van der Waals surface area contributed by atoms with Gasteiger partial charge in [-0.3, -0.25) is 0 Å². The summed E-state index contributed by atoms with van der Waals surface area (Å²) in [5.41, 5.74) is 1.20. The zero-order chi connectivity index (χ0) is 12.6. The predicted octanol–water partition coefficient (Wildman–Crippen LogP) is 3.41. The zero-order valence-corrected chi connectivity index (χ0v) is 8.75. The second-order valence-corrected chi connectivity index (χ2v) is 2.96. The first-order chi connectivity index (χ1) is 7.36. The molecular formula is C10H13BF4N-. The Morgan fingerprint density at radius 3 is 2.19 bits per heavy atom. The Morgan fingerprint density at radius 1 is 1.31 bits per heavy atom.